The summed E-state index contributed by atoms with van der Waals surface area (Å²) in [6, 6.07) is 12.9. The Labute approximate surface area is 185 Å². The van der Waals surface area contributed by atoms with Crippen LogP contribution in [0.4, 0.5) is 13.2 Å². The lowest BCUT2D eigenvalue weighted by Crippen LogP contribution is -2.42. The van der Waals surface area contributed by atoms with E-state index in [1.807, 2.05) is 4.90 Å². The summed E-state index contributed by atoms with van der Waals surface area (Å²) >= 11 is 0. The van der Waals surface area contributed by atoms with Crippen molar-refractivity contribution in [3.8, 4) is 11.5 Å². The Bertz CT molecular complexity index is 911. The largest absolute Gasteiger partial charge is 0.573 e. The first kappa shape index (κ1) is 22.5. The molecule has 0 N–H and O–H groups in total. The van der Waals surface area contributed by atoms with Gasteiger partial charge in [0.15, 0.2) is 0 Å². The van der Waals surface area contributed by atoms with Gasteiger partial charge in [-0.1, -0.05) is 18.2 Å². The highest BCUT2D eigenvalue weighted by molar-refractivity contribution is 5.94. The quantitative estimate of drug-likeness (QED) is 0.607. The van der Waals surface area contributed by atoms with Gasteiger partial charge in [-0.25, -0.2) is 0 Å². The Balaban J connectivity index is 1.36. The number of rotatable bonds is 7. The maximum absolute atomic E-state index is 13.0. The molecule has 0 spiro atoms. The van der Waals surface area contributed by atoms with E-state index in [0.29, 0.717) is 11.3 Å². The summed E-state index contributed by atoms with van der Waals surface area (Å²) in [5, 5.41) is 0. The molecule has 172 valence electrons. The molecule has 8 heteroatoms. The molecular formula is C24H27F3N2O3. The maximum Gasteiger partial charge on any atom is 0.573 e. The molecule has 0 saturated carbocycles. The van der Waals surface area contributed by atoms with Crippen LogP contribution in [0, 0.1) is 0 Å². The Morgan fingerprint density at radius 1 is 0.969 bits per heavy atom. The minimum atomic E-state index is -4.76. The van der Waals surface area contributed by atoms with Crippen molar-refractivity contribution < 1.29 is 27.4 Å². The lowest BCUT2D eigenvalue weighted by atomic mass is 10.1. The highest BCUT2D eigenvalue weighted by Crippen LogP contribution is 2.28. The zero-order valence-electron chi connectivity index (χ0n) is 17.8. The average Bonchev–Trinajstić information content (AvgIpc) is 3.44. The fraction of sp³-hybridized carbons (Fsp3) is 0.458. The van der Waals surface area contributed by atoms with Crippen LogP contribution < -0.4 is 9.47 Å². The Hall–Kier alpha value is -2.74. The number of para-hydroxylation sites is 1. The molecular weight excluding hydrogens is 421 g/mol. The van der Waals surface area contributed by atoms with Gasteiger partial charge in [-0.15, -0.1) is 13.2 Å². The van der Waals surface area contributed by atoms with E-state index in [4.69, 9.17) is 4.74 Å². The monoisotopic (exact) mass is 448 g/mol. The molecule has 2 aliphatic rings. The second-order valence-corrected chi connectivity index (χ2v) is 8.27. The van der Waals surface area contributed by atoms with E-state index in [-0.39, 0.29) is 29.9 Å². The predicted octanol–water partition coefficient (Wildman–Crippen LogP) is 4.86. The molecule has 2 aliphatic heterocycles. The summed E-state index contributed by atoms with van der Waals surface area (Å²) in [6.45, 7) is 3.85. The molecule has 1 atom stereocenters. The third-order valence-corrected chi connectivity index (χ3v) is 6.00. The molecule has 0 radical (unpaired) electrons. The van der Waals surface area contributed by atoms with Gasteiger partial charge in [-0.3, -0.25) is 4.79 Å². The number of hydrogen-bond acceptors (Lipinski definition) is 4. The van der Waals surface area contributed by atoms with Crippen molar-refractivity contribution in [2.45, 2.75) is 44.7 Å². The summed E-state index contributed by atoms with van der Waals surface area (Å²) in [4.78, 5) is 17.5. The van der Waals surface area contributed by atoms with Crippen LogP contribution in [0.15, 0.2) is 48.5 Å². The van der Waals surface area contributed by atoms with Gasteiger partial charge in [0.25, 0.3) is 5.91 Å². The number of ether oxygens (including phenoxy) is 2. The minimum absolute atomic E-state index is 0.0159. The number of halogens is 3. The normalized spacial score (nSPS) is 19.3. The molecule has 0 aromatic heterocycles. The van der Waals surface area contributed by atoms with Crippen molar-refractivity contribution in [1.29, 1.82) is 0 Å². The van der Waals surface area contributed by atoms with Gasteiger partial charge >= 0.3 is 6.36 Å². The lowest BCUT2D eigenvalue weighted by Gasteiger charge is -2.28. The molecule has 5 nitrogen and oxygen atoms in total. The van der Waals surface area contributed by atoms with E-state index in [0.717, 1.165) is 39.0 Å². The van der Waals surface area contributed by atoms with Crippen LogP contribution in [0.2, 0.25) is 0 Å². The van der Waals surface area contributed by atoms with Crippen LogP contribution in [0.3, 0.4) is 0 Å². The zero-order chi connectivity index (χ0) is 22.6. The molecule has 2 fully saturated rings. The average molecular weight is 448 g/mol. The van der Waals surface area contributed by atoms with E-state index in [2.05, 4.69) is 9.64 Å². The molecule has 2 aromatic carbocycles. The highest BCUT2D eigenvalue weighted by atomic mass is 19.4. The van der Waals surface area contributed by atoms with Crippen LogP contribution in [-0.2, 0) is 6.61 Å². The Kier molecular flexibility index (Phi) is 6.89. The summed E-state index contributed by atoms with van der Waals surface area (Å²) in [5.41, 5.74) is 0.873. The fourth-order valence-corrected chi connectivity index (χ4v) is 4.42. The zero-order valence-corrected chi connectivity index (χ0v) is 17.8. The second-order valence-electron chi connectivity index (χ2n) is 8.27. The SMILES string of the molecule is O=C(c1ccc(OCc2ccccc2OC(F)(F)F)cc1)N1CCC[C@H]1CN1CCCC1. The van der Waals surface area contributed by atoms with E-state index < -0.39 is 6.36 Å². The van der Waals surface area contributed by atoms with Gasteiger partial charge < -0.3 is 19.3 Å². The Morgan fingerprint density at radius 3 is 2.41 bits per heavy atom. The smallest absolute Gasteiger partial charge is 0.489 e. The molecule has 0 bridgehead atoms. The summed E-state index contributed by atoms with van der Waals surface area (Å²) < 4.78 is 47.4. The number of carbonyl (C=O) groups is 1. The van der Waals surface area contributed by atoms with Gasteiger partial charge in [0.05, 0.1) is 0 Å². The third-order valence-electron chi connectivity index (χ3n) is 6.00. The number of alkyl halides is 3. The van der Waals surface area contributed by atoms with Crippen LogP contribution in [0.5, 0.6) is 11.5 Å². The first-order valence-electron chi connectivity index (χ1n) is 11.0. The number of hydrogen-bond donors (Lipinski definition) is 0. The number of nitrogens with zero attached hydrogens (tertiary/aromatic N) is 2. The molecule has 1 amide bonds. The molecule has 32 heavy (non-hydrogen) atoms. The van der Waals surface area contributed by atoms with Gasteiger partial charge in [0, 0.05) is 30.3 Å². The summed E-state index contributed by atoms with van der Waals surface area (Å²) in [5.74, 6) is 0.199. The van der Waals surface area contributed by atoms with Gasteiger partial charge in [-0.2, -0.15) is 0 Å². The van der Waals surface area contributed by atoms with Crippen molar-refractivity contribution >= 4 is 5.91 Å². The molecule has 0 aliphatic carbocycles. The van der Waals surface area contributed by atoms with Crippen LogP contribution in [-0.4, -0.2) is 54.3 Å². The molecule has 2 saturated heterocycles. The van der Waals surface area contributed by atoms with Crippen molar-refractivity contribution in [3.63, 3.8) is 0 Å². The molecule has 0 unspecified atom stereocenters. The number of likely N-dealkylation sites (tertiary alicyclic amines) is 2. The predicted molar refractivity (Wildman–Crippen MR) is 114 cm³/mol. The standard InChI is InChI=1S/C24H27F3N2O3/c25-24(26,27)32-22-8-2-1-6-19(22)17-31-21-11-9-18(10-12-21)23(30)29-15-5-7-20(29)16-28-13-3-4-14-28/h1-2,6,8-12,20H,3-5,7,13-17H2/t20-/m0/s1. The number of carbonyl (C=O) groups excluding carboxylic acids is 1. The number of benzene rings is 2. The second kappa shape index (κ2) is 9.81. The maximum atomic E-state index is 13.0. The molecule has 2 aromatic rings. The summed E-state index contributed by atoms with van der Waals surface area (Å²) in [6.07, 6.45) is -0.252. The van der Waals surface area contributed by atoms with Crippen molar-refractivity contribution in [1.82, 2.24) is 9.80 Å². The van der Waals surface area contributed by atoms with Gasteiger partial charge in [0.2, 0.25) is 0 Å². The highest BCUT2D eigenvalue weighted by Gasteiger charge is 2.32. The first-order chi connectivity index (χ1) is 15.4. The van der Waals surface area contributed by atoms with Crippen molar-refractivity contribution in [3.05, 3.63) is 59.7 Å². The lowest BCUT2D eigenvalue weighted by molar-refractivity contribution is -0.275. The van der Waals surface area contributed by atoms with Crippen LogP contribution >= 0.6 is 0 Å². The summed E-state index contributed by atoms with van der Waals surface area (Å²) in [7, 11) is 0. The van der Waals surface area contributed by atoms with Crippen molar-refractivity contribution in [2.24, 2.45) is 0 Å². The number of amides is 1. The van der Waals surface area contributed by atoms with E-state index in [9.17, 15) is 18.0 Å². The van der Waals surface area contributed by atoms with E-state index in [1.54, 1.807) is 30.3 Å². The Morgan fingerprint density at radius 2 is 1.69 bits per heavy atom. The molecule has 4 rings (SSSR count). The van der Waals surface area contributed by atoms with Crippen LogP contribution in [0.1, 0.15) is 41.6 Å². The van der Waals surface area contributed by atoms with E-state index >= 15 is 0 Å². The molecule has 2 heterocycles. The van der Waals surface area contributed by atoms with Gasteiger partial charge in [0.1, 0.15) is 18.1 Å². The van der Waals surface area contributed by atoms with Gasteiger partial charge in [-0.05, 0) is 69.1 Å². The third kappa shape index (κ3) is 5.73. The van der Waals surface area contributed by atoms with Crippen molar-refractivity contribution in [2.75, 3.05) is 26.2 Å². The first-order valence-corrected chi connectivity index (χ1v) is 11.0. The van der Waals surface area contributed by atoms with E-state index in [1.165, 1.54) is 31.0 Å². The minimum Gasteiger partial charge on any atom is -0.489 e. The fourth-order valence-electron chi connectivity index (χ4n) is 4.42. The van der Waals surface area contributed by atoms with Crippen LogP contribution in [0.25, 0.3) is 0 Å². The topological polar surface area (TPSA) is 42.0 Å².